The van der Waals surface area contributed by atoms with Gasteiger partial charge in [-0.15, -0.1) is 0 Å². The van der Waals surface area contributed by atoms with Gasteiger partial charge in [-0.2, -0.15) is 0 Å². The van der Waals surface area contributed by atoms with E-state index in [0.717, 1.165) is 12.0 Å². The maximum atomic E-state index is 11.7. The zero-order chi connectivity index (χ0) is 13.7. The molecule has 0 aliphatic carbocycles. The summed E-state index contributed by atoms with van der Waals surface area (Å²) in [6.07, 6.45) is 1.55. The van der Waals surface area contributed by atoms with Crippen molar-refractivity contribution in [3.8, 4) is 0 Å². The average Bonchev–Trinajstić information content (AvgIpc) is 2.31. The molecule has 1 aromatic rings. The van der Waals surface area contributed by atoms with Gasteiger partial charge < -0.3 is 5.32 Å². The van der Waals surface area contributed by atoms with Crippen molar-refractivity contribution >= 4 is 29.1 Å². The second-order valence-electron chi connectivity index (χ2n) is 4.66. The van der Waals surface area contributed by atoms with Crippen molar-refractivity contribution in [2.24, 2.45) is 5.92 Å². The number of hydrogen-bond donors (Lipinski definition) is 1. The minimum absolute atomic E-state index is 0.0492. The molecule has 2 unspecified atom stereocenters. The zero-order valence-electron chi connectivity index (χ0n) is 11.0. The number of benzene rings is 1. The molecule has 0 spiro atoms. The van der Waals surface area contributed by atoms with E-state index in [1.807, 2.05) is 32.9 Å². The van der Waals surface area contributed by atoms with Crippen molar-refractivity contribution < 1.29 is 4.79 Å². The smallest absolute Gasteiger partial charge is 0.223 e. The fourth-order valence-corrected chi connectivity index (χ4v) is 2.12. The Morgan fingerprint density at radius 3 is 2.56 bits per heavy atom. The number of halogens is 2. The van der Waals surface area contributed by atoms with E-state index in [9.17, 15) is 4.79 Å². The fourth-order valence-electron chi connectivity index (χ4n) is 1.64. The van der Waals surface area contributed by atoms with Crippen molar-refractivity contribution in [3.05, 3.63) is 33.8 Å². The summed E-state index contributed by atoms with van der Waals surface area (Å²) in [6.45, 7) is 5.91. The van der Waals surface area contributed by atoms with Gasteiger partial charge in [0.1, 0.15) is 0 Å². The van der Waals surface area contributed by atoms with Crippen LogP contribution in [0, 0.1) is 5.92 Å². The lowest BCUT2D eigenvalue weighted by Gasteiger charge is -2.17. The molecule has 0 heterocycles. The van der Waals surface area contributed by atoms with Crippen LogP contribution in [0.5, 0.6) is 0 Å². The van der Waals surface area contributed by atoms with Crippen LogP contribution in [0.2, 0.25) is 10.0 Å². The number of carbonyl (C=O) groups is 1. The molecule has 0 aromatic heterocycles. The molecular weight excluding hydrogens is 269 g/mol. The van der Waals surface area contributed by atoms with Crippen molar-refractivity contribution in [3.63, 3.8) is 0 Å². The summed E-state index contributed by atoms with van der Waals surface area (Å²) < 4.78 is 0. The van der Waals surface area contributed by atoms with Crippen LogP contribution in [0.3, 0.4) is 0 Å². The van der Waals surface area contributed by atoms with Gasteiger partial charge in [0.25, 0.3) is 0 Å². The van der Waals surface area contributed by atoms with E-state index in [1.165, 1.54) is 0 Å². The number of hydrogen-bond acceptors (Lipinski definition) is 1. The number of carbonyl (C=O) groups excluding carboxylic acids is 1. The first kappa shape index (κ1) is 15.3. The van der Waals surface area contributed by atoms with E-state index in [-0.39, 0.29) is 17.9 Å². The predicted molar refractivity (Wildman–Crippen MR) is 77.2 cm³/mol. The lowest BCUT2D eigenvalue weighted by Crippen LogP contribution is -2.37. The highest BCUT2D eigenvalue weighted by molar-refractivity contribution is 6.35. The van der Waals surface area contributed by atoms with Gasteiger partial charge in [-0.05, 0) is 37.5 Å². The molecule has 0 aliphatic heterocycles. The van der Waals surface area contributed by atoms with Crippen molar-refractivity contribution in [2.75, 3.05) is 0 Å². The largest absolute Gasteiger partial charge is 0.353 e. The van der Waals surface area contributed by atoms with Crippen molar-refractivity contribution in [2.45, 2.75) is 39.7 Å². The summed E-state index contributed by atoms with van der Waals surface area (Å²) >= 11 is 11.9. The normalized spacial score (nSPS) is 14.1. The second-order valence-corrected chi connectivity index (χ2v) is 5.50. The molecule has 2 nitrogen and oxygen atoms in total. The summed E-state index contributed by atoms with van der Waals surface area (Å²) in [5, 5.41) is 4.26. The molecule has 1 aromatic carbocycles. The molecule has 0 saturated heterocycles. The minimum Gasteiger partial charge on any atom is -0.353 e. The standard InChI is InChI=1S/C14H19Cl2NO/c1-4-9(2)14(18)17-10(3)7-11-5-6-12(15)8-13(11)16/h5-6,8-10H,4,7H2,1-3H3,(H,17,18). The highest BCUT2D eigenvalue weighted by atomic mass is 35.5. The second kappa shape index (κ2) is 7.01. The third-order valence-electron chi connectivity index (χ3n) is 2.99. The molecule has 0 saturated carbocycles. The first-order chi connectivity index (χ1) is 8.43. The Morgan fingerprint density at radius 1 is 1.33 bits per heavy atom. The molecule has 1 rings (SSSR count). The minimum atomic E-state index is 0.0492. The molecule has 1 amide bonds. The maximum absolute atomic E-state index is 11.7. The third kappa shape index (κ3) is 4.51. The molecular formula is C14H19Cl2NO. The number of rotatable bonds is 5. The summed E-state index contributed by atoms with van der Waals surface area (Å²) in [5.74, 6) is 0.142. The van der Waals surface area contributed by atoms with Crippen molar-refractivity contribution in [1.82, 2.24) is 5.32 Å². The summed E-state index contributed by atoms with van der Waals surface area (Å²) in [4.78, 5) is 11.7. The van der Waals surface area contributed by atoms with Crippen LogP contribution in [-0.4, -0.2) is 11.9 Å². The Labute approximate surface area is 119 Å². The zero-order valence-corrected chi connectivity index (χ0v) is 12.5. The van der Waals surface area contributed by atoms with Crippen LogP contribution in [0.4, 0.5) is 0 Å². The molecule has 18 heavy (non-hydrogen) atoms. The van der Waals surface area contributed by atoms with E-state index < -0.39 is 0 Å². The Bertz CT molecular complexity index is 420. The number of nitrogens with one attached hydrogen (secondary N) is 1. The summed E-state index contributed by atoms with van der Waals surface area (Å²) in [6, 6.07) is 5.50. The monoisotopic (exact) mass is 287 g/mol. The van der Waals surface area contributed by atoms with Crippen LogP contribution < -0.4 is 5.32 Å². The average molecular weight is 288 g/mol. The molecule has 0 radical (unpaired) electrons. The van der Waals surface area contributed by atoms with E-state index in [1.54, 1.807) is 6.07 Å². The molecule has 2 atom stereocenters. The Kier molecular flexibility index (Phi) is 5.97. The molecule has 0 aliphatic rings. The first-order valence-corrected chi connectivity index (χ1v) is 6.94. The van der Waals surface area contributed by atoms with Gasteiger partial charge in [0.15, 0.2) is 0 Å². The van der Waals surface area contributed by atoms with Gasteiger partial charge in [0.2, 0.25) is 5.91 Å². The Hall–Kier alpha value is -0.730. The van der Waals surface area contributed by atoms with Gasteiger partial charge in [-0.3, -0.25) is 4.79 Å². The van der Waals surface area contributed by atoms with E-state index >= 15 is 0 Å². The highest BCUT2D eigenvalue weighted by Gasteiger charge is 2.14. The number of amides is 1. The van der Waals surface area contributed by atoms with Crippen LogP contribution in [0.15, 0.2) is 18.2 Å². The highest BCUT2D eigenvalue weighted by Crippen LogP contribution is 2.22. The maximum Gasteiger partial charge on any atom is 0.223 e. The van der Waals surface area contributed by atoms with Gasteiger partial charge >= 0.3 is 0 Å². The summed E-state index contributed by atoms with van der Waals surface area (Å²) in [7, 11) is 0. The van der Waals surface area contributed by atoms with Crippen LogP contribution >= 0.6 is 23.2 Å². The van der Waals surface area contributed by atoms with Crippen LogP contribution in [0.25, 0.3) is 0 Å². The van der Waals surface area contributed by atoms with Gasteiger partial charge in [-0.1, -0.05) is 43.1 Å². The van der Waals surface area contributed by atoms with Crippen LogP contribution in [-0.2, 0) is 11.2 Å². The fraction of sp³-hybridized carbons (Fsp3) is 0.500. The topological polar surface area (TPSA) is 29.1 Å². The lowest BCUT2D eigenvalue weighted by atomic mass is 10.0. The van der Waals surface area contributed by atoms with Gasteiger partial charge in [-0.25, -0.2) is 0 Å². The van der Waals surface area contributed by atoms with Gasteiger partial charge in [0.05, 0.1) is 0 Å². The van der Waals surface area contributed by atoms with Crippen molar-refractivity contribution in [1.29, 1.82) is 0 Å². The quantitative estimate of drug-likeness (QED) is 0.868. The molecule has 0 bridgehead atoms. The lowest BCUT2D eigenvalue weighted by molar-refractivity contribution is -0.125. The Balaban J connectivity index is 2.59. The molecule has 1 N–H and O–H groups in total. The SMILES string of the molecule is CCC(C)C(=O)NC(C)Cc1ccc(Cl)cc1Cl. The first-order valence-electron chi connectivity index (χ1n) is 6.18. The van der Waals surface area contributed by atoms with E-state index in [4.69, 9.17) is 23.2 Å². The van der Waals surface area contributed by atoms with E-state index in [0.29, 0.717) is 16.5 Å². The summed E-state index contributed by atoms with van der Waals surface area (Å²) in [5.41, 5.74) is 0.998. The van der Waals surface area contributed by atoms with E-state index in [2.05, 4.69) is 5.32 Å². The predicted octanol–water partition coefficient (Wildman–Crippen LogP) is 4.09. The molecule has 0 fully saturated rings. The molecule has 4 heteroatoms. The van der Waals surface area contributed by atoms with Crippen LogP contribution in [0.1, 0.15) is 32.8 Å². The van der Waals surface area contributed by atoms with Gasteiger partial charge in [0, 0.05) is 22.0 Å². The Morgan fingerprint density at radius 2 is 2.00 bits per heavy atom. The third-order valence-corrected chi connectivity index (χ3v) is 3.58. The molecule has 100 valence electrons.